The van der Waals surface area contributed by atoms with Gasteiger partial charge in [-0.3, -0.25) is 0 Å². The van der Waals surface area contributed by atoms with E-state index in [2.05, 4.69) is 169 Å². The average Bonchev–Trinajstić information content (AvgIpc) is 3.76. The van der Waals surface area contributed by atoms with Crippen molar-refractivity contribution in [3.05, 3.63) is 229 Å². The van der Waals surface area contributed by atoms with Gasteiger partial charge >= 0.3 is 0 Å². The number of para-hydroxylation sites is 1. The zero-order valence-electron chi connectivity index (χ0n) is 37.9. The molecule has 0 N–H and O–H groups in total. The summed E-state index contributed by atoms with van der Waals surface area (Å²) in [5.74, 6) is 0. The predicted molar refractivity (Wildman–Crippen MR) is 259 cm³/mol. The largest absolute Gasteiger partial charge is 0.310 e. The van der Waals surface area contributed by atoms with E-state index in [4.69, 9.17) is 4.11 Å². The minimum Gasteiger partial charge on any atom is -0.310 e. The van der Waals surface area contributed by atoms with Gasteiger partial charge in [0.25, 0.3) is 0 Å². The van der Waals surface area contributed by atoms with Gasteiger partial charge in [0.15, 0.2) is 0 Å². The number of aromatic nitrogens is 1. The van der Waals surface area contributed by atoms with E-state index in [9.17, 15) is 1.37 Å². The number of hydrogen-bond donors (Lipinski definition) is 0. The lowest BCUT2D eigenvalue weighted by Crippen LogP contribution is -2.16. The molecule has 12 rings (SSSR count). The summed E-state index contributed by atoms with van der Waals surface area (Å²) in [6.07, 6.45) is 0. The zero-order valence-corrected chi connectivity index (χ0v) is 33.9. The molecule has 1 aliphatic rings. The van der Waals surface area contributed by atoms with Crippen molar-refractivity contribution in [1.82, 2.24) is 4.57 Å². The van der Waals surface area contributed by atoms with E-state index in [1.54, 1.807) is 18.2 Å². The summed E-state index contributed by atoms with van der Waals surface area (Å²) < 4.78 is 38.6. The van der Waals surface area contributed by atoms with Crippen molar-refractivity contribution in [2.75, 3.05) is 4.90 Å². The smallest absolute Gasteiger partial charge is 0.0630 e. The number of anilines is 3. The van der Waals surface area contributed by atoms with Crippen LogP contribution in [0, 0.1) is 0 Å². The van der Waals surface area contributed by atoms with Crippen molar-refractivity contribution in [2.45, 2.75) is 19.3 Å². The summed E-state index contributed by atoms with van der Waals surface area (Å²) in [5, 5.41) is 5.26. The van der Waals surface area contributed by atoms with Gasteiger partial charge in [-0.15, -0.1) is 0 Å². The van der Waals surface area contributed by atoms with Gasteiger partial charge in [-0.05, 0) is 127 Å². The van der Waals surface area contributed by atoms with Crippen LogP contribution in [0.25, 0.3) is 82.4 Å². The van der Waals surface area contributed by atoms with Gasteiger partial charge in [0, 0.05) is 38.9 Å². The minimum absolute atomic E-state index is 0.116. The van der Waals surface area contributed by atoms with E-state index in [0.717, 1.165) is 83.0 Å². The SMILES string of the molecule is [2H]c1cc2c3c4c(-c5ccc6ccccc6c5)ccc([2H])c4c([2H])cc3n(-c3cccc(N(c4cccc(-c5ccccc5)c4)c4ccc5c(c4)C(C)(C)c4ccccc4-5)c3)c2cc1[2H]. The first-order valence-electron chi connectivity index (χ1n) is 22.9. The van der Waals surface area contributed by atoms with E-state index in [1.807, 2.05) is 30.3 Å². The molecular formula is C59H42N2. The Morgan fingerprint density at radius 1 is 0.426 bits per heavy atom. The molecule has 288 valence electrons. The minimum atomic E-state index is -0.198. The summed E-state index contributed by atoms with van der Waals surface area (Å²) in [6.45, 7) is 4.62. The van der Waals surface area contributed by atoms with Gasteiger partial charge in [-0.25, -0.2) is 0 Å². The van der Waals surface area contributed by atoms with Crippen molar-refractivity contribution in [1.29, 1.82) is 0 Å². The summed E-state index contributed by atoms with van der Waals surface area (Å²) >= 11 is 0. The average molecular weight is 783 g/mol. The molecule has 1 aromatic heterocycles. The highest BCUT2D eigenvalue weighted by molar-refractivity contribution is 6.25. The lowest BCUT2D eigenvalue weighted by atomic mass is 9.82. The summed E-state index contributed by atoms with van der Waals surface area (Å²) in [5.41, 5.74) is 14.5. The molecule has 1 heterocycles. The van der Waals surface area contributed by atoms with Crippen LogP contribution in [0.15, 0.2) is 218 Å². The first kappa shape index (κ1) is 31.3. The Bertz CT molecular complexity index is 3760. The van der Waals surface area contributed by atoms with Gasteiger partial charge in [-0.2, -0.15) is 0 Å². The molecule has 1 aliphatic carbocycles. The molecule has 0 aliphatic heterocycles. The zero-order chi connectivity index (χ0) is 44.1. The lowest BCUT2D eigenvalue weighted by molar-refractivity contribution is 0.660. The maximum Gasteiger partial charge on any atom is 0.0630 e. The fraction of sp³-hybridized carbons (Fsp3) is 0.0508. The third-order valence-corrected chi connectivity index (χ3v) is 12.8. The second-order valence-electron chi connectivity index (χ2n) is 16.6. The van der Waals surface area contributed by atoms with Crippen molar-refractivity contribution in [2.24, 2.45) is 0 Å². The third kappa shape index (κ3) is 5.56. The Balaban J connectivity index is 1.11. The summed E-state index contributed by atoms with van der Waals surface area (Å²) in [6, 6.07) is 67.9. The number of rotatable bonds is 6. The lowest BCUT2D eigenvalue weighted by Gasteiger charge is -2.29. The Kier molecular flexibility index (Phi) is 7.02. The number of fused-ring (bicyclic) bond motifs is 9. The Morgan fingerprint density at radius 3 is 2.05 bits per heavy atom. The van der Waals surface area contributed by atoms with Crippen LogP contribution in [0.3, 0.4) is 0 Å². The van der Waals surface area contributed by atoms with Crippen LogP contribution in [-0.4, -0.2) is 4.57 Å². The van der Waals surface area contributed by atoms with E-state index in [1.165, 1.54) is 22.3 Å². The van der Waals surface area contributed by atoms with E-state index >= 15 is 0 Å². The Morgan fingerprint density at radius 2 is 1.15 bits per heavy atom. The van der Waals surface area contributed by atoms with Gasteiger partial charge in [0.05, 0.1) is 16.5 Å². The van der Waals surface area contributed by atoms with Crippen LogP contribution in [0.2, 0.25) is 0 Å². The van der Waals surface area contributed by atoms with Crippen molar-refractivity contribution < 1.29 is 5.48 Å². The van der Waals surface area contributed by atoms with Crippen LogP contribution in [0.5, 0.6) is 0 Å². The molecule has 0 radical (unpaired) electrons. The fourth-order valence-corrected chi connectivity index (χ4v) is 9.93. The maximum absolute atomic E-state index is 9.55. The first-order chi connectivity index (χ1) is 31.6. The highest BCUT2D eigenvalue weighted by Crippen LogP contribution is 2.51. The number of nitrogens with zero attached hydrogens (tertiary/aromatic N) is 2. The molecule has 10 aromatic carbocycles. The molecule has 0 amide bonds. The maximum atomic E-state index is 9.55. The van der Waals surface area contributed by atoms with Gasteiger partial charge in [-0.1, -0.05) is 171 Å². The van der Waals surface area contributed by atoms with Crippen LogP contribution in [0.1, 0.15) is 30.5 Å². The molecule has 11 aromatic rings. The van der Waals surface area contributed by atoms with Crippen molar-refractivity contribution in [3.8, 4) is 39.1 Å². The molecule has 0 atom stereocenters. The molecule has 2 heteroatoms. The monoisotopic (exact) mass is 782 g/mol. The Hall–Kier alpha value is -7.68. The highest BCUT2D eigenvalue weighted by atomic mass is 15.1. The number of hydrogen-bond acceptors (Lipinski definition) is 1. The molecule has 61 heavy (non-hydrogen) atoms. The second kappa shape index (κ2) is 13.7. The van der Waals surface area contributed by atoms with Gasteiger partial charge < -0.3 is 9.47 Å². The predicted octanol–water partition coefficient (Wildman–Crippen LogP) is 16.2. The first-order valence-corrected chi connectivity index (χ1v) is 20.9. The summed E-state index contributed by atoms with van der Waals surface area (Å²) in [7, 11) is 0. The molecule has 0 unspecified atom stereocenters. The standard InChI is InChI=1S/C59H42N2/c1-59(2)53-27-10-8-24-50(53)51-33-32-48(38-54(51)59)60(45-21-12-20-43(36-45)39-15-4-3-5-16-39)46-22-14-23-47(37-46)61-55-28-11-9-25-52(55)58-56(61)34-31-41-19-13-26-49(57(41)58)44-30-29-40-17-6-7-18-42(40)35-44/h3-38H,1-2H3/i9D,11D,19D,31D. The Labute approximate surface area is 361 Å². The quantitative estimate of drug-likeness (QED) is 0.163. The van der Waals surface area contributed by atoms with Gasteiger partial charge in [0.1, 0.15) is 0 Å². The second-order valence-corrected chi connectivity index (χ2v) is 16.6. The van der Waals surface area contributed by atoms with E-state index < -0.39 is 0 Å². The van der Waals surface area contributed by atoms with Crippen LogP contribution in [0.4, 0.5) is 17.1 Å². The molecule has 0 saturated carbocycles. The van der Waals surface area contributed by atoms with Crippen LogP contribution < -0.4 is 4.90 Å². The van der Waals surface area contributed by atoms with E-state index in [-0.39, 0.29) is 29.6 Å². The third-order valence-electron chi connectivity index (χ3n) is 12.8. The fourth-order valence-electron chi connectivity index (χ4n) is 9.93. The molecule has 0 spiro atoms. The molecule has 0 saturated heterocycles. The topological polar surface area (TPSA) is 8.17 Å². The molecule has 0 bridgehead atoms. The van der Waals surface area contributed by atoms with E-state index in [0.29, 0.717) is 5.39 Å². The van der Waals surface area contributed by atoms with Crippen LogP contribution >= 0.6 is 0 Å². The van der Waals surface area contributed by atoms with Crippen molar-refractivity contribution in [3.63, 3.8) is 0 Å². The molecular weight excluding hydrogens is 737 g/mol. The molecule has 0 fully saturated rings. The van der Waals surface area contributed by atoms with Crippen LogP contribution in [-0.2, 0) is 5.41 Å². The normalized spacial score (nSPS) is 13.8. The number of benzene rings is 10. The van der Waals surface area contributed by atoms with Gasteiger partial charge in [0.2, 0.25) is 0 Å². The molecule has 2 nitrogen and oxygen atoms in total. The van der Waals surface area contributed by atoms with Crippen molar-refractivity contribution >= 4 is 60.4 Å². The summed E-state index contributed by atoms with van der Waals surface area (Å²) in [4.78, 5) is 2.33. The highest BCUT2D eigenvalue weighted by Gasteiger charge is 2.35.